The zero-order valence-electron chi connectivity index (χ0n) is 9.77. The summed E-state index contributed by atoms with van der Waals surface area (Å²) < 4.78 is 6.63. The summed E-state index contributed by atoms with van der Waals surface area (Å²) in [6.45, 7) is 0.0573. The van der Waals surface area contributed by atoms with E-state index in [9.17, 15) is 5.11 Å². The van der Waals surface area contributed by atoms with Crippen molar-refractivity contribution in [1.29, 1.82) is 0 Å². The minimum Gasteiger partial charge on any atom is -0.486 e. The lowest BCUT2D eigenvalue weighted by atomic mass is 10.0. The summed E-state index contributed by atoms with van der Waals surface area (Å²) in [6.07, 6.45) is 0.660. The molecule has 92 valence electrons. The molecule has 2 aromatic rings. The molecule has 0 aliphatic carbocycles. The van der Waals surface area contributed by atoms with Gasteiger partial charge in [0.15, 0.2) is 0 Å². The van der Waals surface area contributed by atoms with Gasteiger partial charge in [-0.2, -0.15) is 0 Å². The summed E-state index contributed by atoms with van der Waals surface area (Å²) in [5, 5.41) is 9.18. The first-order valence-electron chi connectivity index (χ1n) is 5.93. The lowest BCUT2D eigenvalue weighted by molar-refractivity contribution is 0.134. The van der Waals surface area contributed by atoms with Crippen molar-refractivity contribution in [2.24, 2.45) is 0 Å². The van der Waals surface area contributed by atoms with Crippen molar-refractivity contribution in [2.45, 2.75) is 12.5 Å². The van der Waals surface area contributed by atoms with E-state index in [1.165, 1.54) is 11.1 Å². The molecule has 0 bridgehead atoms. The normalized spacial score (nSPS) is 17.3. The van der Waals surface area contributed by atoms with Gasteiger partial charge >= 0.3 is 0 Å². The van der Waals surface area contributed by atoms with E-state index in [0.717, 1.165) is 22.2 Å². The third-order valence-electron chi connectivity index (χ3n) is 3.16. The molecular weight excluding hydrogens is 292 g/mol. The number of hydrogen-bond donors (Lipinski definition) is 1. The van der Waals surface area contributed by atoms with Gasteiger partial charge in [0.05, 0.1) is 11.1 Å². The molecule has 0 saturated heterocycles. The van der Waals surface area contributed by atoms with E-state index in [-0.39, 0.29) is 12.7 Å². The number of halogens is 1. The van der Waals surface area contributed by atoms with Gasteiger partial charge in [-0.15, -0.1) is 0 Å². The maximum atomic E-state index is 9.18. The van der Waals surface area contributed by atoms with Crippen molar-refractivity contribution in [3.05, 3.63) is 52.5 Å². The average Bonchev–Trinajstić information content (AvgIpc) is 2.83. The largest absolute Gasteiger partial charge is 0.486 e. The Hall–Kier alpha value is -1.32. The highest BCUT2D eigenvalue weighted by Crippen LogP contribution is 2.39. The molecule has 0 radical (unpaired) electrons. The van der Waals surface area contributed by atoms with Gasteiger partial charge < -0.3 is 9.84 Å². The van der Waals surface area contributed by atoms with E-state index in [1.54, 1.807) is 0 Å². The van der Waals surface area contributed by atoms with Crippen LogP contribution in [-0.2, 0) is 6.42 Å². The molecule has 0 spiro atoms. The summed E-state index contributed by atoms with van der Waals surface area (Å²) >= 11 is 3.55. The van der Waals surface area contributed by atoms with Gasteiger partial charge in [-0.25, -0.2) is 0 Å². The summed E-state index contributed by atoms with van der Waals surface area (Å²) in [4.78, 5) is 0. The molecule has 1 unspecified atom stereocenters. The first-order valence-corrected chi connectivity index (χ1v) is 6.72. The van der Waals surface area contributed by atoms with E-state index >= 15 is 0 Å². The van der Waals surface area contributed by atoms with Gasteiger partial charge in [-0.05, 0) is 44.8 Å². The Labute approximate surface area is 114 Å². The van der Waals surface area contributed by atoms with E-state index in [1.807, 2.05) is 18.2 Å². The molecule has 2 nitrogen and oxygen atoms in total. The van der Waals surface area contributed by atoms with Gasteiger partial charge in [-0.1, -0.05) is 30.3 Å². The van der Waals surface area contributed by atoms with Crippen molar-refractivity contribution >= 4 is 15.9 Å². The van der Waals surface area contributed by atoms with Crippen LogP contribution in [0.2, 0.25) is 0 Å². The zero-order valence-corrected chi connectivity index (χ0v) is 11.4. The van der Waals surface area contributed by atoms with Gasteiger partial charge in [0.2, 0.25) is 0 Å². The molecular formula is C15H13BrO2. The molecule has 2 aromatic carbocycles. The fourth-order valence-corrected chi connectivity index (χ4v) is 2.88. The van der Waals surface area contributed by atoms with Crippen LogP contribution in [0.1, 0.15) is 5.56 Å². The summed E-state index contributed by atoms with van der Waals surface area (Å²) in [6, 6.07) is 14.5. The number of hydrogen-bond acceptors (Lipinski definition) is 2. The molecule has 0 aromatic heterocycles. The Balaban J connectivity index is 2.04. The standard InChI is InChI=1S/C15H13BrO2/c16-14-8-11(10-4-2-1-3-5-10)6-12-7-13(9-17)18-15(12)14/h1-6,8,13,17H,7,9H2. The van der Waals surface area contributed by atoms with Crippen LogP contribution in [-0.4, -0.2) is 17.8 Å². The monoisotopic (exact) mass is 304 g/mol. The topological polar surface area (TPSA) is 29.5 Å². The van der Waals surface area contributed by atoms with Gasteiger partial charge in [-0.3, -0.25) is 0 Å². The number of aliphatic hydroxyl groups excluding tert-OH is 1. The fraction of sp³-hybridized carbons (Fsp3) is 0.200. The van der Waals surface area contributed by atoms with Crippen LogP contribution < -0.4 is 4.74 Å². The van der Waals surface area contributed by atoms with Crippen LogP contribution >= 0.6 is 15.9 Å². The second-order valence-electron chi connectivity index (χ2n) is 4.44. The molecule has 1 heterocycles. The predicted octanol–water partition coefficient (Wildman–Crippen LogP) is 3.41. The summed E-state index contributed by atoms with van der Waals surface area (Å²) in [5.74, 6) is 0.869. The van der Waals surface area contributed by atoms with E-state index in [0.29, 0.717) is 0 Å². The predicted molar refractivity (Wildman–Crippen MR) is 74.8 cm³/mol. The molecule has 0 fully saturated rings. The summed E-state index contributed by atoms with van der Waals surface area (Å²) in [7, 11) is 0. The van der Waals surface area contributed by atoms with Gasteiger partial charge in [0.25, 0.3) is 0 Å². The van der Waals surface area contributed by atoms with Crippen LogP contribution in [0.15, 0.2) is 46.9 Å². The van der Waals surface area contributed by atoms with Gasteiger partial charge in [0, 0.05) is 6.42 Å². The average molecular weight is 305 g/mol. The lowest BCUT2D eigenvalue weighted by Crippen LogP contribution is -2.17. The van der Waals surface area contributed by atoms with Crippen LogP contribution in [0, 0.1) is 0 Å². The number of rotatable bonds is 2. The molecule has 3 rings (SSSR count). The molecule has 0 saturated carbocycles. The van der Waals surface area contributed by atoms with Crippen molar-refractivity contribution in [2.75, 3.05) is 6.61 Å². The quantitative estimate of drug-likeness (QED) is 0.921. The highest BCUT2D eigenvalue weighted by Gasteiger charge is 2.25. The minimum atomic E-state index is -0.109. The maximum Gasteiger partial charge on any atom is 0.137 e. The van der Waals surface area contributed by atoms with E-state index < -0.39 is 0 Å². The SMILES string of the molecule is OCC1Cc2cc(-c3ccccc3)cc(Br)c2O1. The second kappa shape index (κ2) is 4.75. The van der Waals surface area contributed by atoms with Crippen molar-refractivity contribution < 1.29 is 9.84 Å². The number of aliphatic hydroxyl groups is 1. The highest BCUT2D eigenvalue weighted by molar-refractivity contribution is 9.10. The zero-order chi connectivity index (χ0) is 12.5. The van der Waals surface area contributed by atoms with Crippen LogP contribution in [0.25, 0.3) is 11.1 Å². The molecule has 3 heteroatoms. The Morgan fingerprint density at radius 2 is 1.94 bits per heavy atom. The Bertz CT molecular complexity index is 566. The van der Waals surface area contributed by atoms with E-state index in [4.69, 9.17) is 4.74 Å². The van der Waals surface area contributed by atoms with Crippen LogP contribution in [0.5, 0.6) is 5.75 Å². The molecule has 1 N–H and O–H groups in total. The smallest absolute Gasteiger partial charge is 0.137 e. The Morgan fingerprint density at radius 3 is 2.67 bits per heavy atom. The van der Waals surface area contributed by atoms with E-state index in [2.05, 4.69) is 40.2 Å². The molecule has 0 amide bonds. The third-order valence-corrected chi connectivity index (χ3v) is 3.75. The van der Waals surface area contributed by atoms with Crippen molar-refractivity contribution in [1.82, 2.24) is 0 Å². The number of benzene rings is 2. The highest BCUT2D eigenvalue weighted by atomic mass is 79.9. The number of fused-ring (bicyclic) bond motifs is 1. The maximum absolute atomic E-state index is 9.18. The van der Waals surface area contributed by atoms with Crippen LogP contribution in [0.4, 0.5) is 0 Å². The third kappa shape index (κ3) is 2.04. The molecule has 1 aliphatic heterocycles. The fourth-order valence-electron chi connectivity index (χ4n) is 2.29. The van der Waals surface area contributed by atoms with Crippen molar-refractivity contribution in [3.63, 3.8) is 0 Å². The Morgan fingerprint density at radius 1 is 1.17 bits per heavy atom. The Kier molecular flexibility index (Phi) is 3.10. The summed E-state index contributed by atoms with van der Waals surface area (Å²) in [5.41, 5.74) is 3.51. The first kappa shape index (κ1) is 11.8. The molecule has 1 aliphatic rings. The van der Waals surface area contributed by atoms with Crippen LogP contribution in [0.3, 0.4) is 0 Å². The molecule has 1 atom stereocenters. The second-order valence-corrected chi connectivity index (χ2v) is 5.29. The first-order chi connectivity index (χ1) is 8.78. The van der Waals surface area contributed by atoms with Gasteiger partial charge in [0.1, 0.15) is 11.9 Å². The molecule has 18 heavy (non-hydrogen) atoms. The number of ether oxygens (including phenoxy) is 1. The minimum absolute atomic E-state index is 0.0573. The lowest BCUT2D eigenvalue weighted by Gasteiger charge is -2.08. The van der Waals surface area contributed by atoms with Crippen molar-refractivity contribution in [3.8, 4) is 16.9 Å².